The zero-order valence-electron chi connectivity index (χ0n) is 13.3. The Balaban J connectivity index is 2.63. The quantitative estimate of drug-likeness (QED) is 0.749. The third-order valence-corrected chi connectivity index (χ3v) is 32.5. The van der Waals surface area contributed by atoms with E-state index >= 15 is 0 Å². The van der Waals surface area contributed by atoms with Gasteiger partial charge in [-0.1, -0.05) is 30.3 Å². The molecule has 0 spiro atoms. The summed E-state index contributed by atoms with van der Waals surface area (Å²) in [6.45, 7) is 2.80. The van der Waals surface area contributed by atoms with Crippen LogP contribution in [-0.2, 0) is 22.1 Å². The van der Waals surface area contributed by atoms with Gasteiger partial charge >= 0.3 is 15.7 Å². The number of benzene rings is 1. The standard InChI is InChI=1S/C13H24O5Si3/c1-14-20(15-2)12-11-18-19(5,21(20,16-3)17-4)13-9-7-6-8-10-13/h6-10H,11-12H2,1-5H3. The van der Waals surface area contributed by atoms with Crippen LogP contribution in [0.25, 0.3) is 0 Å². The topological polar surface area (TPSA) is 46.2 Å². The highest BCUT2D eigenvalue weighted by Gasteiger charge is 2.77. The molecule has 1 aromatic rings. The van der Waals surface area contributed by atoms with E-state index in [1.54, 1.807) is 28.4 Å². The van der Waals surface area contributed by atoms with Crippen molar-refractivity contribution in [2.24, 2.45) is 0 Å². The van der Waals surface area contributed by atoms with Crippen molar-refractivity contribution in [3.8, 4) is 0 Å². The van der Waals surface area contributed by atoms with Crippen molar-refractivity contribution < 1.29 is 22.1 Å². The van der Waals surface area contributed by atoms with Crippen molar-refractivity contribution in [1.29, 1.82) is 0 Å². The lowest BCUT2D eigenvalue weighted by molar-refractivity contribution is 0.184. The van der Waals surface area contributed by atoms with Gasteiger partial charge in [-0.25, -0.2) is 0 Å². The van der Waals surface area contributed by atoms with Crippen LogP contribution in [0.4, 0.5) is 0 Å². The Morgan fingerprint density at radius 2 is 1.48 bits per heavy atom. The van der Waals surface area contributed by atoms with Crippen LogP contribution in [0.1, 0.15) is 0 Å². The first-order valence-corrected chi connectivity index (χ1v) is 15.2. The molecule has 118 valence electrons. The maximum atomic E-state index is 6.33. The smallest absolute Gasteiger partial charge is 0.400 e. The molecule has 1 aliphatic rings. The minimum absolute atomic E-state index is 0.632. The van der Waals surface area contributed by atoms with Crippen LogP contribution in [0.2, 0.25) is 12.6 Å². The summed E-state index contributed by atoms with van der Waals surface area (Å²) in [5.41, 5.74) is 0. The maximum Gasteiger partial charge on any atom is 0.400 e. The van der Waals surface area contributed by atoms with Crippen LogP contribution < -0.4 is 5.19 Å². The molecule has 2 rings (SSSR count). The van der Waals surface area contributed by atoms with Crippen LogP contribution in [-0.4, -0.2) is 58.6 Å². The summed E-state index contributed by atoms with van der Waals surface area (Å²) in [5, 5.41) is 1.17. The summed E-state index contributed by atoms with van der Waals surface area (Å²) in [7, 11) is -1.02. The molecule has 8 heteroatoms. The molecule has 21 heavy (non-hydrogen) atoms. The van der Waals surface area contributed by atoms with Gasteiger partial charge in [0.2, 0.25) is 0 Å². The van der Waals surface area contributed by atoms with E-state index in [2.05, 4.69) is 18.7 Å². The van der Waals surface area contributed by atoms with Gasteiger partial charge in [0, 0.05) is 41.1 Å². The molecule has 1 unspecified atom stereocenters. The third-order valence-electron chi connectivity index (χ3n) is 4.51. The van der Waals surface area contributed by atoms with E-state index in [0.29, 0.717) is 6.61 Å². The molecule has 5 nitrogen and oxygen atoms in total. The van der Waals surface area contributed by atoms with Crippen LogP contribution in [0.15, 0.2) is 30.3 Å². The van der Waals surface area contributed by atoms with Crippen molar-refractivity contribution in [1.82, 2.24) is 0 Å². The summed E-state index contributed by atoms with van der Waals surface area (Å²) in [4.78, 5) is 0. The Kier molecular flexibility index (Phi) is 5.21. The van der Waals surface area contributed by atoms with Gasteiger partial charge in [-0.15, -0.1) is 0 Å². The van der Waals surface area contributed by atoms with Crippen molar-refractivity contribution in [3.63, 3.8) is 0 Å². The Hall–Kier alpha value is -0.329. The third kappa shape index (κ3) is 2.30. The molecule has 0 saturated carbocycles. The van der Waals surface area contributed by atoms with Crippen LogP contribution >= 0.6 is 0 Å². The minimum atomic E-state index is -2.79. The molecular weight excluding hydrogens is 320 g/mol. The SMILES string of the molecule is CO[Si]1(OC)CCO[Si](C)(c2ccccc2)[Si]1(OC)OC. The van der Waals surface area contributed by atoms with E-state index < -0.39 is 23.5 Å². The van der Waals surface area contributed by atoms with E-state index in [9.17, 15) is 0 Å². The van der Waals surface area contributed by atoms with Crippen LogP contribution in [0.5, 0.6) is 0 Å². The highest BCUT2D eigenvalue weighted by Crippen LogP contribution is 2.38. The Bertz CT molecular complexity index is 464. The summed E-state index contributed by atoms with van der Waals surface area (Å²) in [6, 6.07) is 11.0. The second-order valence-corrected chi connectivity index (χ2v) is 23.6. The van der Waals surface area contributed by atoms with Crippen LogP contribution in [0, 0.1) is 0 Å². The molecular formula is C13H24O5Si3. The molecule has 1 atom stereocenters. The van der Waals surface area contributed by atoms with E-state index in [0.717, 1.165) is 6.04 Å². The number of hydrogen-bond acceptors (Lipinski definition) is 5. The molecule has 1 saturated heterocycles. The van der Waals surface area contributed by atoms with Crippen molar-refractivity contribution in [3.05, 3.63) is 30.3 Å². The average Bonchev–Trinajstić information content (AvgIpc) is 2.55. The van der Waals surface area contributed by atoms with Crippen molar-refractivity contribution >= 4 is 28.7 Å². The molecule has 0 aromatic heterocycles. The van der Waals surface area contributed by atoms with Crippen LogP contribution in [0.3, 0.4) is 0 Å². The predicted molar refractivity (Wildman–Crippen MR) is 88.0 cm³/mol. The molecule has 1 heterocycles. The zero-order valence-corrected chi connectivity index (χ0v) is 16.3. The zero-order chi connectivity index (χ0) is 15.6. The summed E-state index contributed by atoms with van der Waals surface area (Å²) in [6.07, 6.45) is 0. The maximum absolute atomic E-state index is 6.33. The Morgan fingerprint density at radius 3 is 1.95 bits per heavy atom. The van der Waals surface area contributed by atoms with Gasteiger partial charge in [-0.3, -0.25) is 0 Å². The molecule has 1 fully saturated rings. The van der Waals surface area contributed by atoms with Gasteiger partial charge in [-0.05, 0) is 11.7 Å². The monoisotopic (exact) mass is 344 g/mol. The summed E-state index contributed by atoms with van der Waals surface area (Å²) >= 11 is 0. The molecule has 1 aromatic carbocycles. The first-order chi connectivity index (χ1) is 10.1. The van der Waals surface area contributed by atoms with E-state index in [4.69, 9.17) is 22.1 Å². The van der Waals surface area contributed by atoms with Gasteiger partial charge in [0.1, 0.15) is 0 Å². The largest absolute Gasteiger partial charge is 0.410 e. The fourth-order valence-electron chi connectivity index (χ4n) is 3.38. The summed E-state index contributed by atoms with van der Waals surface area (Å²) in [5.74, 6) is 0. The predicted octanol–water partition coefficient (Wildman–Crippen LogP) is 1.13. The Labute approximate surface area is 129 Å². The average molecular weight is 345 g/mol. The highest BCUT2D eigenvalue weighted by atomic mass is 29.7. The second-order valence-electron chi connectivity index (χ2n) is 5.18. The van der Waals surface area contributed by atoms with Gasteiger partial charge in [0.15, 0.2) is 0 Å². The number of rotatable bonds is 5. The Morgan fingerprint density at radius 1 is 0.905 bits per heavy atom. The number of hydrogen-bond donors (Lipinski definition) is 0. The lowest BCUT2D eigenvalue weighted by Gasteiger charge is -2.52. The molecule has 0 radical (unpaired) electrons. The normalized spacial score (nSPS) is 27.5. The fraction of sp³-hybridized carbons (Fsp3) is 0.538. The first kappa shape index (κ1) is 17.0. The van der Waals surface area contributed by atoms with Gasteiger partial charge in [0.05, 0.1) is 0 Å². The van der Waals surface area contributed by atoms with Crippen molar-refractivity contribution in [2.75, 3.05) is 35.0 Å². The van der Waals surface area contributed by atoms with Gasteiger partial charge in [0.25, 0.3) is 7.83 Å². The van der Waals surface area contributed by atoms with Crippen molar-refractivity contribution in [2.45, 2.75) is 12.6 Å². The van der Waals surface area contributed by atoms with Gasteiger partial charge in [-0.2, -0.15) is 0 Å². The second kappa shape index (κ2) is 6.42. The molecule has 0 N–H and O–H groups in total. The van der Waals surface area contributed by atoms with Gasteiger partial charge < -0.3 is 22.1 Å². The highest BCUT2D eigenvalue weighted by molar-refractivity contribution is 7.64. The fourth-order valence-corrected chi connectivity index (χ4v) is 33.0. The van der Waals surface area contributed by atoms with E-state index in [1.807, 2.05) is 18.2 Å². The molecule has 0 aliphatic carbocycles. The lowest BCUT2D eigenvalue weighted by atomic mass is 10.4. The summed E-state index contributed by atoms with van der Waals surface area (Å²) < 4.78 is 30.3. The van der Waals surface area contributed by atoms with E-state index in [1.165, 1.54) is 5.19 Å². The molecule has 0 bridgehead atoms. The molecule has 0 amide bonds. The first-order valence-electron chi connectivity index (χ1n) is 6.96. The lowest BCUT2D eigenvalue weighted by Crippen LogP contribution is -2.87. The van der Waals surface area contributed by atoms with E-state index in [-0.39, 0.29) is 0 Å². The molecule has 1 aliphatic heterocycles. The minimum Gasteiger partial charge on any atom is -0.410 e.